The molecule has 0 fully saturated rings. The number of hydrogen-bond acceptors (Lipinski definition) is 3. The molecule has 0 bridgehead atoms. The Morgan fingerprint density at radius 3 is 2.58 bits per heavy atom. The summed E-state index contributed by atoms with van der Waals surface area (Å²) in [6.07, 6.45) is 0.694. The third-order valence-electron chi connectivity index (χ3n) is 1.74. The number of likely N-dealkylation sites (N-methyl/N-ethyl adjacent to an activating group) is 1. The second-order valence-corrected chi connectivity index (χ2v) is 3.44. The summed E-state index contributed by atoms with van der Waals surface area (Å²) in [5.74, 6) is 0. The quantitative estimate of drug-likeness (QED) is 0.562. The van der Waals surface area contributed by atoms with Crippen molar-refractivity contribution in [2.45, 2.75) is 32.8 Å². The molecule has 0 atom stereocenters. The van der Waals surface area contributed by atoms with Crippen molar-refractivity contribution in [1.82, 2.24) is 5.32 Å². The van der Waals surface area contributed by atoms with E-state index in [1.807, 2.05) is 13.8 Å². The molecular weight excluding hydrogens is 154 g/mol. The van der Waals surface area contributed by atoms with Crippen molar-refractivity contribution in [2.75, 3.05) is 26.3 Å². The van der Waals surface area contributed by atoms with Gasteiger partial charge in [0.25, 0.3) is 0 Å². The minimum absolute atomic E-state index is 0.189. The zero-order valence-electron chi connectivity index (χ0n) is 8.39. The van der Waals surface area contributed by atoms with Crippen LogP contribution in [0.15, 0.2) is 0 Å². The van der Waals surface area contributed by atoms with Gasteiger partial charge in [0.2, 0.25) is 0 Å². The van der Waals surface area contributed by atoms with Crippen molar-refractivity contribution in [1.29, 1.82) is 0 Å². The third-order valence-corrected chi connectivity index (χ3v) is 1.74. The van der Waals surface area contributed by atoms with Gasteiger partial charge in [0.05, 0.1) is 12.2 Å². The van der Waals surface area contributed by atoms with E-state index in [4.69, 9.17) is 9.84 Å². The highest BCUT2D eigenvalue weighted by molar-refractivity contribution is 4.67. The predicted octanol–water partition coefficient (Wildman–Crippen LogP) is 0.773. The number of nitrogens with one attached hydrogen (secondary N) is 1. The summed E-state index contributed by atoms with van der Waals surface area (Å²) >= 11 is 0. The van der Waals surface area contributed by atoms with Gasteiger partial charge >= 0.3 is 0 Å². The standard InChI is InChI=1S/C9H21NO2/c1-4-10-6-8-12-9(2,3)5-7-11/h10-11H,4-8H2,1-3H3. The number of hydrogen-bond donors (Lipinski definition) is 2. The first-order valence-corrected chi connectivity index (χ1v) is 4.58. The number of aliphatic hydroxyl groups is 1. The number of aliphatic hydroxyl groups excluding tert-OH is 1. The van der Waals surface area contributed by atoms with Crippen molar-refractivity contribution in [3.8, 4) is 0 Å². The molecule has 12 heavy (non-hydrogen) atoms. The summed E-state index contributed by atoms with van der Waals surface area (Å²) in [5.41, 5.74) is -0.190. The van der Waals surface area contributed by atoms with Gasteiger partial charge in [-0.3, -0.25) is 0 Å². The van der Waals surface area contributed by atoms with Crippen LogP contribution in [0, 0.1) is 0 Å². The van der Waals surface area contributed by atoms with Gasteiger partial charge in [0.15, 0.2) is 0 Å². The highest BCUT2D eigenvalue weighted by Gasteiger charge is 2.16. The van der Waals surface area contributed by atoms with Crippen LogP contribution in [0.5, 0.6) is 0 Å². The van der Waals surface area contributed by atoms with E-state index >= 15 is 0 Å². The fraction of sp³-hybridized carbons (Fsp3) is 1.00. The van der Waals surface area contributed by atoms with Crippen LogP contribution in [0.25, 0.3) is 0 Å². The van der Waals surface area contributed by atoms with E-state index in [2.05, 4.69) is 12.2 Å². The fourth-order valence-electron chi connectivity index (χ4n) is 0.918. The Kier molecular flexibility index (Phi) is 6.34. The Hall–Kier alpha value is -0.120. The first kappa shape index (κ1) is 11.9. The van der Waals surface area contributed by atoms with Crippen molar-refractivity contribution in [3.63, 3.8) is 0 Å². The van der Waals surface area contributed by atoms with E-state index in [0.29, 0.717) is 13.0 Å². The molecule has 0 spiro atoms. The minimum Gasteiger partial charge on any atom is -0.396 e. The molecule has 0 aliphatic heterocycles. The van der Waals surface area contributed by atoms with Crippen LogP contribution in [0.1, 0.15) is 27.2 Å². The summed E-state index contributed by atoms with van der Waals surface area (Å²) in [6.45, 7) is 8.81. The van der Waals surface area contributed by atoms with Gasteiger partial charge in [-0.25, -0.2) is 0 Å². The molecule has 2 N–H and O–H groups in total. The average Bonchev–Trinajstić information content (AvgIpc) is 1.98. The van der Waals surface area contributed by atoms with Crippen LogP contribution in [0.3, 0.4) is 0 Å². The maximum atomic E-state index is 8.71. The lowest BCUT2D eigenvalue weighted by Gasteiger charge is -2.24. The fourth-order valence-corrected chi connectivity index (χ4v) is 0.918. The van der Waals surface area contributed by atoms with E-state index < -0.39 is 0 Å². The first-order valence-electron chi connectivity index (χ1n) is 4.58. The molecule has 0 aromatic rings. The molecule has 0 saturated carbocycles. The summed E-state index contributed by atoms with van der Waals surface area (Å²) in [5, 5.41) is 11.9. The molecule has 0 saturated heterocycles. The SMILES string of the molecule is CCNCCOC(C)(C)CCO. The smallest absolute Gasteiger partial charge is 0.0649 e. The second kappa shape index (κ2) is 6.40. The monoisotopic (exact) mass is 175 g/mol. The summed E-state index contributed by atoms with van der Waals surface area (Å²) in [6, 6.07) is 0. The van der Waals surface area contributed by atoms with Crippen LogP contribution in [0.2, 0.25) is 0 Å². The third kappa shape index (κ3) is 6.58. The summed E-state index contributed by atoms with van der Waals surface area (Å²) < 4.78 is 5.55. The molecule has 3 heteroatoms. The highest BCUT2D eigenvalue weighted by Crippen LogP contribution is 2.12. The molecule has 0 aromatic carbocycles. The number of rotatable bonds is 7. The van der Waals surface area contributed by atoms with E-state index in [0.717, 1.165) is 13.1 Å². The van der Waals surface area contributed by atoms with Crippen LogP contribution in [-0.4, -0.2) is 37.0 Å². The topological polar surface area (TPSA) is 41.5 Å². The molecule has 74 valence electrons. The maximum absolute atomic E-state index is 8.71. The van der Waals surface area contributed by atoms with Crippen molar-refractivity contribution < 1.29 is 9.84 Å². The Morgan fingerprint density at radius 2 is 2.08 bits per heavy atom. The van der Waals surface area contributed by atoms with Gasteiger partial charge in [0, 0.05) is 13.2 Å². The normalized spacial score (nSPS) is 12.0. The average molecular weight is 175 g/mol. The largest absolute Gasteiger partial charge is 0.396 e. The zero-order valence-corrected chi connectivity index (χ0v) is 8.39. The lowest BCUT2D eigenvalue weighted by Crippen LogP contribution is -2.30. The van der Waals surface area contributed by atoms with Crippen molar-refractivity contribution in [3.05, 3.63) is 0 Å². The molecule has 0 amide bonds. The van der Waals surface area contributed by atoms with Gasteiger partial charge in [-0.15, -0.1) is 0 Å². The summed E-state index contributed by atoms with van der Waals surface area (Å²) in [7, 11) is 0. The Morgan fingerprint density at radius 1 is 1.42 bits per heavy atom. The highest BCUT2D eigenvalue weighted by atomic mass is 16.5. The molecule has 0 aliphatic carbocycles. The van der Waals surface area contributed by atoms with Crippen molar-refractivity contribution in [2.24, 2.45) is 0 Å². The molecule has 0 rings (SSSR count). The predicted molar refractivity (Wildman–Crippen MR) is 50.3 cm³/mol. The molecule has 0 aromatic heterocycles. The molecular formula is C9H21NO2. The Balaban J connectivity index is 3.33. The van der Waals surface area contributed by atoms with Gasteiger partial charge in [0.1, 0.15) is 0 Å². The zero-order chi connectivity index (χ0) is 9.45. The summed E-state index contributed by atoms with van der Waals surface area (Å²) in [4.78, 5) is 0. The van der Waals surface area contributed by atoms with Gasteiger partial charge in [-0.2, -0.15) is 0 Å². The van der Waals surface area contributed by atoms with Gasteiger partial charge in [-0.1, -0.05) is 6.92 Å². The van der Waals surface area contributed by atoms with Crippen molar-refractivity contribution >= 4 is 0 Å². The van der Waals surface area contributed by atoms with E-state index in [1.54, 1.807) is 0 Å². The van der Waals surface area contributed by atoms with Crippen LogP contribution >= 0.6 is 0 Å². The van der Waals surface area contributed by atoms with Crippen LogP contribution in [0.4, 0.5) is 0 Å². The lowest BCUT2D eigenvalue weighted by molar-refractivity contribution is -0.0306. The minimum atomic E-state index is -0.190. The molecule has 0 heterocycles. The Bertz CT molecular complexity index is 105. The van der Waals surface area contributed by atoms with Crippen LogP contribution < -0.4 is 5.32 Å². The number of ether oxygens (including phenoxy) is 1. The molecule has 0 unspecified atom stereocenters. The van der Waals surface area contributed by atoms with Crippen LogP contribution in [-0.2, 0) is 4.74 Å². The second-order valence-electron chi connectivity index (χ2n) is 3.44. The van der Waals surface area contributed by atoms with E-state index in [-0.39, 0.29) is 12.2 Å². The first-order chi connectivity index (χ1) is 5.62. The van der Waals surface area contributed by atoms with Gasteiger partial charge < -0.3 is 15.2 Å². The van der Waals surface area contributed by atoms with Gasteiger partial charge in [-0.05, 0) is 26.8 Å². The Labute approximate surface area is 75.1 Å². The molecule has 3 nitrogen and oxygen atoms in total. The van der Waals surface area contributed by atoms with E-state index in [9.17, 15) is 0 Å². The maximum Gasteiger partial charge on any atom is 0.0649 e. The molecule has 0 radical (unpaired) electrons. The lowest BCUT2D eigenvalue weighted by atomic mass is 10.1. The molecule has 0 aliphatic rings. The van der Waals surface area contributed by atoms with E-state index in [1.165, 1.54) is 0 Å².